The van der Waals surface area contributed by atoms with Crippen molar-refractivity contribution < 1.29 is 9.53 Å². The maximum Gasteiger partial charge on any atom is 0.340 e. The molecule has 0 aliphatic carbocycles. The van der Waals surface area contributed by atoms with Gasteiger partial charge in [0.1, 0.15) is 0 Å². The molecule has 0 radical (unpaired) electrons. The summed E-state index contributed by atoms with van der Waals surface area (Å²) in [6.45, 7) is 5.91. The quantitative estimate of drug-likeness (QED) is 0.589. The minimum atomic E-state index is -0.346. The molecule has 1 rings (SSSR count). The second kappa shape index (κ2) is 5.12. The fraction of sp³-hybridized carbons (Fsp3) is 0.455. The van der Waals surface area contributed by atoms with Gasteiger partial charge in [-0.15, -0.1) is 11.6 Å². The predicted molar refractivity (Wildman–Crippen MR) is 59.2 cm³/mol. The summed E-state index contributed by atoms with van der Waals surface area (Å²) in [5, 5.41) is 0. The zero-order chi connectivity index (χ0) is 11.4. The van der Waals surface area contributed by atoms with Gasteiger partial charge < -0.3 is 4.74 Å². The van der Waals surface area contributed by atoms with E-state index in [1.54, 1.807) is 13.1 Å². The molecule has 0 saturated carbocycles. The third-order valence-electron chi connectivity index (χ3n) is 2.28. The molecular weight excluding hydrogens is 214 g/mol. The summed E-state index contributed by atoms with van der Waals surface area (Å²) in [7, 11) is 0. The maximum atomic E-state index is 11.7. The summed E-state index contributed by atoms with van der Waals surface area (Å²) in [5.74, 6) is -0.128. The van der Waals surface area contributed by atoms with E-state index in [-0.39, 0.29) is 11.8 Å². The second-order valence-corrected chi connectivity index (χ2v) is 3.51. The van der Waals surface area contributed by atoms with Gasteiger partial charge >= 0.3 is 5.97 Å². The molecule has 0 N–H and O–H groups in total. The Kier molecular flexibility index (Phi) is 4.09. The largest absolute Gasteiger partial charge is 0.462 e. The number of alkyl halides is 1. The van der Waals surface area contributed by atoms with Gasteiger partial charge in [0.05, 0.1) is 23.7 Å². The van der Waals surface area contributed by atoms with Crippen LogP contribution in [0.25, 0.3) is 0 Å². The molecule has 1 aromatic rings. The number of carbonyl (C=O) groups is 1. The molecule has 1 aromatic heterocycles. The average molecular weight is 228 g/mol. The van der Waals surface area contributed by atoms with E-state index in [2.05, 4.69) is 4.98 Å². The monoisotopic (exact) mass is 227 g/mol. The molecule has 4 heteroatoms. The Morgan fingerprint density at radius 2 is 2.20 bits per heavy atom. The van der Waals surface area contributed by atoms with Crippen molar-refractivity contribution in [3.63, 3.8) is 0 Å². The molecule has 0 spiro atoms. The Bertz CT molecular complexity index is 377. The number of rotatable bonds is 3. The summed E-state index contributed by atoms with van der Waals surface area (Å²) in [6, 6.07) is 0. The molecule has 15 heavy (non-hydrogen) atoms. The zero-order valence-corrected chi connectivity index (χ0v) is 9.89. The van der Waals surface area contributed by atoms with Crippen molar-refractivity contribution in [2.45, 2.75) is 26.7 Å². The number of pyridine rings is 1. The van der Waals surface area contributed by atoms with E-state index in [1.165, 1.54) is 0 Å². The Morgan fingerprint density at radius 1 is 1.53 bits per heavy atom. The first-order valence-electron chi connectivity index (χ1n) is 4.80. The number of hydrogen-bond acceptors (Lipinski definition) is 3. The summed E-state index contributed by atoms with van der Waals surface area (Å²) in [6.07, 6.45) is 1.72. The van der Waals surface area contributed by atoms with E-state index in [1.807, 2.05) is 13.8 Å². The van der Waals surface area contributed by atoms with E-state index in [9.17, 15) is 4.79 Å². The number of halogens is 1. The SMILES string of the molecule is CCOC(=O)c1c(CCl)ncc(C)c1C. The summed E-state index contributed by atoms with van der Waals surface area (Å²) in [5.41, 5.74) is 2.94. The molecule has 0 fully saturated rings. The van der Waals surface area contributed by atoms with E-state index >= 15 is 0 Å². The van der Waals surface area contributed by atoms with Gasteiger partial charge in [0, 0.05) is 6.20 Å². The molecule has 0 aromatic carbocycles. The molecule has 0 unspecified atom stereocenters. The maximum absolute atomic E-state index is 11.7. The Balaban J connectivity index is 3.23. The minimum Gasteiger partial charge on any atom is -0.462 e. The number of nitrogens with zero attached hydrogens (tertiary/aromatic N) is 1. The highest BCUT2D eigenvalue weighted by Gasteiger charge is 2.17. The normalized spacial score (nSPS) is 10.1. The summed E-state index contributed by atoms with van der Waals surface area (Å²) < 4.78 is 4.97. The predicted octanol–water partition coefficient (Wildman–Crippen LogP) is 2.61. The van der Waals surface area contributed by atoms with Crippen LogP contribution in [-0.4, -0.2) is 17.6 Å². The molecule has 82 valence electrons. The van der Waals surface area contributed by atoms with Crippen molar-refractivity contribution in [1.82, 2.24) is 4.98 Å². The molecule has 0 aliphatic heterocycles. The van der Waals surface area contributed by atoms with Crippen LogP contribution in [0.1, 0.15) is 34.1 Å². The Hall–Kier alpha value is -1.09. The molecule has 0 bridgehead atoms. The van der Waals surface area contributed by atoms with E-state index in [0.717, 1.165) is 11.1 Å². The lowest BCUT2D eigenvalue weighted by Gasteiger charge is -2.10. The van der Waals surface area contributed by atoms with Crippen LogP contribution in [0, 0.1) is 13.8 Å². The number of carbonyl (C=O) groups excluding carboxylic acids is 1. The highest BCUT2D eigenvalue weighted by molar-refractivity contribution is 6.17. The topological polar surface area (TPSA) is 39.2 Å². The van der Waals surface area contributed by atoms with Gasteiger partial charge in [0.2, 0.25) is 0 Å². The van der Waals surface area contributed by atoms with Crippen molar-refractivity contribution >= 4 is 17.6 Å². The molecule has 0 atom stereocenters. The molecule has 0 aliphatic rings. The van der Waals surface area contributed by atoms with Crippen LogP contribution in [0.15, 0.2) is 6.20 Å². The van der Waals surface area contributed by atoms with Crippen LogP contribution in [0.3, 0.4) is 0 Å². The first-order valence-corrected chi connectivity index (χ1v) is 5.33. The van der Waals surface area contributed by atoms with Gasteiger partial charge in [-0.2, -0.15) is 0 Å². The molecule has 0 amide bonds. The molecule has 1 heterocycles. The zero-order valence-electron chi connectivity index (χ0n) is 9.13. The Labute approximate surface area is 94.4 Å². The smallest absolute Gasteiger partial charge is 0.340 e. The second-order valence-electron chi connectivity index (χ2n) is 3.24. The van der Waals surface area contributed by atoms with Crippen molar-refractivity contribution in [3.05, 3.63) is 28.6 Å². The highest BCUT2D eigenvalue weighted by Crippen LogP contribution is 2.18. The molecule has 0 saturated heterocycles. The van der Waals surface area contributed by atoms with Gasteiger partial charge in [-0.25, -0.2) is 4.79 Å². The van der Waals surface area contributed by atoms with E-state index in [4.69, 9.17) is 16.3 Å². The van der Waals surface area contributed by atoms with Crippen LogP contribution in [0.2, 0.25) is 0 Å². The van der Waals surface area contributed by atoms with Crippen molar-refractivity contribution in [2.24, 2.45) is 0 Å². The minimum absolute atomic E-state index is 0.218. The summed E-state index contributed by atoms with van der Waals surface area (Å²) in [4.78, 5) is 15.8. The van der Waals surface area contributed by atoms with Crippen LogP contribution >= 0.6 is 11.6 Å². The van der Waals surface area contributed by atoms with Gasteiger partial charge in [0.25, 0.3) is 0 Å². The third kappa shape index (κ3) is 2.48. The fourth-order valence-corrected chi connectivity index (χ4v) is 1.53. The number of esters is 1. The average Bonchev–Trinajstić information content (AvgIpc) is 2.22. The Morgan fingerprint density at radius 3 is 2.73 bits per heavy atom. The first-order chi connectivity index (χ1) is 7.11. The highest BCUT2D eigenvalue weighted by atomic mass is 35.5. The van der Waals surface area contributed by atoms with Gasteiger partial charge in [0.15, 0.2) is 0 Å². The van der Waals surface area contributed by atoms with E-state index in [0.29, 0.717) is 17.9 Å². The van der Waals surface area contributed by atoms with E-state index < -0.39 is 0 Å². The molecule has 3 nitrogen and oxygen atoms in total. The van der Waals surface area contributed by atoms with Crippen LogP contribution in [-0.2, 0) is 10.6 Å². The van der Waals surface area contributed by atoms with Crippen molar-refractivity contribution in [1.29, 1.82) is 0 Å². The van der Waals surface area contributed by atoms with Gasteiger partial charge in [-0.05, 0) is 31.9 Å². The lowest BCUT2D eigenvalue weighted by molar-refractivity contribution is 0.0524. The van der Waals surface area contributed by atoms with Crippen LogP contribution in [0.4, 0.5) is 0 Å². The van der Waals surface area contributed by atoms with Crippen LogP contribution in [0.5, 0.6) is 0 Å². The first kappa shape index (κ1) is 12.0. The van der Waals surface area contributed by atoms with Crippen molar-refractivity contribution in [3.8, 4) is 0 Å². The lowest BCUT2D eigenvalue weighted by atomic mass is 10.0. The van der Waals surface area contributed by atoms with Gasteiger partial charge in [-0.3, -0.25) is 4.98 Å². The lowest BCUT2D eigenvalue weighted by Crippen LogP contribution is -2.12. The number of hydrogen-bond donors (Lipinski definition) is 0. The van der Waals surface area contributed by atoms with Gasteiger partial charge in [-0.1, -0.05) is 0 Å². The van der Waals surface area contributed by atoms with Crippen LogP contribution < -0.4 is 0 Å². The number of aryl methyl sites for hydroxylation is 1. The standard InChI is InChI=1S/C11H14ClNO2/c1-4-15-11(14)10-8(3)7(2)6-13-9(10)5-12/h6H,4-5H2,1-3H3. The number of aromatic nitrogens is 1. The number of ether oxygens (including phenoxy) is 1. The molecular formula is C11H14ClNO2. The summed E-state index contributed by atoms with van der Waals surface area (Å²) >= 11 is 5.73. The third-order valence-corrected chi connectivity index (χ3v) is 2.53. The fourth-order valence-electron chi connectivity index (χ4n) is 1.33. The van der Waals surface area contributed by atoms with Crippen molar-refractivity contribution in [2.75, 3.05) is 6.61 Å².